The second-order valence-electron chi connectivity index (χ2n) is 5.94. The van der Waals surface area contributed by atoms with Gasteiger partial charge < -0.3 is 5.32 Å². The van der Waals surface area contributed by atoms with Gasteiger partial charge in [0.25, 0.3) is 5.69 Å². The zero-order chi connectivity index (χ0) is 21.7. The Hall–Kier alpha value is -3.47. The number of alkyl halides is 3. The van der Waals surface area contributed by atoms with E-state index in [0.717, 1.165) is 17.8 Å². The maximum atomic E-state index is 13.0. The lowest BCUT2D eigenvalue weighted by atomic mass is 10.1. The van der Waals surface area contributed by atoms with Crippen LogP contribution in [0.15, 0.2) is 65.7 Å². The van der Waals surface area contributed by atoms with Crippen LogP contribution in [0, 0.1) is 10.1 Å². The number of nitrogens with one attached hydrogen (secondary N) is 1. The molecule has 0 atom stereocenters. The topological polar surface area (TPSA) is 98.0 Å². The monoisotopic (exact) mass is 434 g/mol. The van der Waals surface area contributed by atoms with Crippen molar-refractivity contribution < 1.29 is 22.9 Å². The number of nitro benzene ring substituents is 1. The van der Waals surface area contributed by atoms with E-state index < -0.39 is 22.6 Å². The Morgan fingerprint density at radius 3 is 2.33 bits per heavy atom. The van der Waals surface area contributed by atoms with E-state index >= 15 is 0 Å². The molecule has 0 spiro atoms. The summed E-state index contributed by atoms with van der Waals surface area (Å²) in [6.45, 7) is 0. The van der Waals surface area contributed by atoms with Crippen molar-refractivity contribution in [1.82, 2.24) is 10.2 Å². The normalized spacial score (nSPS) is 11.2. The fourth-order valence-electron chi connectivity index (χ4n) is 2.47. The van der Waals surface area contributed by atoms with Crippen LogP contribution in [0.4, 0.5) is 24.5 Å². The molecule has 0 bridgehead atoms. The second-order valence-corrected chi connectivity index (χ2v) is 6.94. The van der Waals surface area contributed by atoms with Gasteiger partial charge in [-0.05, 0) is 36.4 Å². The molecule has 1 aromatic heterocycles. The summed E-state index contributed by atoms with van der Waals surface area (Å²) in [5.41, 5.74) is -0.160. The van der Waals surface area contributed by atoms with Gasteiger partial charge >= 0.3 is 6.18 Å². The van der Waals surface area contributed by atoms with Crippen LogP contribution in [0.1, 0.15) is 5.56 Å². The summed E-state index contributed by atoms with van der Waals surface area (Å²) in [6, 6.07) is 13.7. The zero-order valence-electron chi connectivity index (χ0n) is 15.1. The molecule has 0 aliphatic heterocycles. The van der Waals surface area contributed by atoms with E-state index in [0.29, 0.717) is 16.3 Å². The smallest absolute Gasteiger partial charge is 0.325 e. The summed E-state index contributed by atoms with van der Waals surface area (Å²) < 4.78 is 38.9. The fourth-order valence-corrected chi connectivity index (χ4v) is 3.08. The first kappa shape index (κ1) is 21.2. The van der Waals surface area contributed by atoms with Crippen molar-refractivity contribution in [3.8, 4) is 11.3 Å². The van der Waals surface area contributed by atoms with Gasteiger partial charge in [-0.3, -0.25) is 14.9 Å². The lowest BCUT2D eigenvalue weighted by molar-refractivity contribution is -0.384. The summed E-state index contributed by atoms with van der Waals surface area (Å²) in [5.74, 6) is -0.768. The Labute approximate surface area is 172 Å². The van der Waals surface area contributed by atoms with E-state index in [1.165, 1.54) is 30.3 Å². The summed E-state index contributed by atoms with van der Waals surface area (Å²) >= 11 is 1.02. The van der Waals surface area contributed by atoms with Gasteiger partial charge in [0.2, 0.25) is 5.91 Å². The number of hydrogen-bond acceptors (Lipinski definition) is 6. The Morgan fingerprint density at radius 1 is 1.03 bits per heavy atom. The molecule has 0 aliphatic rings. The highest BCUT2D eigenvalue weighted by atomic mass is 32.2. The molecular formula is C19H13F3N4O3S. The minimum atomic E-state index is -4.57. The molecule has 30 heavy (non-hydrogen) atoms. The molecule has 1 N–H and O–H groups in total. The molecule has 0 aliphatic carbocycles. The molecular weight excluding hydrogens is 421 g/mol. The number of carbonyl (C=O) groups is 1. The molecule has 3 rings (SSSR count). The van der Waals surface area contributed by atoms with Crippen LogP contribution in [-0.4, -0.2) is 26.8 Å². The predicted octanol–water partition coefficient (Wildman–Crippen LogP) is 4.80. The zero-order valence-corrected chi connectivity index (χ0v) is 15.9. The number of amides is 1. The maximum Gasteiger partial charge on any atom is 0.418 e. The van der Waals surface area contributed by atoms with Gasteiger partial charge in [-0.1, -0.05) is 23.9 Å². The van der Waals surface area contributed by atoms with Crippen LogP contribution in [0.25, 0.3) is 11.3 Å². The number of hydrogen-bond donors (Lipinski definition) is 1. The summed E-state index contributed by atoms with van der Waals surface area (Å²) in [6.07, 6.45) is -4.57. The molecule has 0 radical (unpaired) electrons. The first-order chi connectivity index (χ1) is 14.2. The number of nitro groups is 1. The lowest BCUT2D eigenvalue weighted by Crippen LogP contribution is -2.18. The number of aromatic nitrogens is 2. The van der Waals surface area contributed by atoms with E-state index in [1.807, 2.05) is 0 Å². The van der Waals surface area contributed by atoms with Crippen molar-refractivity contribution in [3.05, 3.63) is 76.3 Å². The number of rotatable bonds is 6. The molecule has 1 amide bonds. The third-order valence-corrected chi connectivity index (χ3v) is 4.79. The van der Waals surface area contributed by atoms with Crippen LogP contribution in [0.3, 0.4) is 0 Å². The number of anilines is 1. The second kappa shape index (κ2) is 8.91. The van der Waals surface area contributed by atoms with Gasteiger partial charge in [0, 0.05) is 17.7 Å². The van der Waals surface area contributed by atoms with Crippen molar-refractivity contribution >= 4 is 29.0 Å². The first-order valence-corrected chi connectivity index (χ1v) is 9.40. The Kier molecular flexibility index (Phi) is 6.31. The number of halogens is 3. The highest BCUT2D eigenvalue weighted by Crippen LogP contribution is 2.34. The maximum absolute atomic E-state index is 13.0. The summed E-state index contributed by atoms with van der Waals surface area (Å²) in [7, 11) is 0. The molecule has 0 saturated carbocycles. The van der Waals surface area contributed by atoms with Gasteiger partial charge in [-0.15, -0.1) is 10.2 Å². The van der Waals surface area contributed by atoms with Crippen molar-refractivity contribution in [2.75, 3.05) is 11.1 Å². The fraction of sp³-hybridized carbons (Fsp3) is 0.105. The minimum absolute atomic E-state index is 0.0445. The molecule has 1 heterocycles. The third kappa shape index (κ3) is 5.32. The Morgan fingerprint density at radius 2 is 1.73 bits per heavy atom. The number of benzene rings is 2. The van der Waals surface area contributed by atoms with E-state index in [-0.39, 0.29) is 17.1 Å². The Balaban J connectivity index is 1.60. The third-order valence-electron chi connectivity index (χ3n) is 3.87. The highest BCUT2D eigenvalue weighted by molar-refractivity contribution is 7.99. The van der Waals surface area contributed by atoms with Crippen molar-refractivity contribution in [2.45, 2.75) is 11.2 Å². The molecule has 2 aromatic carbocycles. The Bertz CT molecular complexity index is 1060. The van der Waals surface area contributed by atoms with Crippen LogP contribution in [0.5, 0.6) is 0 Å². The lowest BCUT2D eigenvalue weighted by Gasteiger charge is -2.13. The average Bonchev–Trinajstić information content (AvgIpc) is 2.72. The number of nitrogens with zero attached hydrogens (tertiary/aromatic N) is 3. The average molecular weight is 434 g/mol. The van der Waals surface area contributed by atoms with E-state index in [2.05, 4.69) is 15.5 Å². The van der Waals surface area contributed by atoms with Crippen LogP contribution < -0.4 is 5.32 Å². The number of thioether (sulfide) groups is 1. The van der Waals surface area contributed by atoms with E-state index in [9.17, 15) is 28.1 Å². The SMILES string of the molecule is O=C(CSc1ccc(-c2ccc([N+](=O)[O-])cc2)nn1)Nc1ccccc1C(F)(F)F. The molecule has 7 nitrogen and oxygen atoms in total. The number of carbonyl (C=O) groups excluding carboxylic acids is 1. The van der Waals surface area contributed by atoms with Crippen LogP contribution >= 0.6 is 11.8 Å². The molecule has 0 fully saturated rings. The molecule has 0 unspecified atom stereocenters. The summed E-state index contributed by atoms with van der Waals surface area (Å²) in [5, 5.41) is 21.3. The standard InChI is InChI=1S/C19H13F3N4O3S/c20-19(21,22)14-3-1-2-4-16(14)23-17(27)11-30-18-10-9-15(24-25-18)12-5-7-13(8-6-12)26(28)29/h1-10H,11H2,(H,23,27). The first-order valence-electron chi connectivity index (χ1n) is 8.41. The van der Waals surface area contributed by atoms with Crippen molar-refractivity contribution in [2.24, 2.45) is 0 Å². The van der Waals surface area contributed by atoms with Gasteiger partial charge in [0.05, 0.1) is 27.6 Å². The van der Waals surface area contributed by atoms with Gasteiger partial charge in [-0.2, -0.15) is 13.2 Å². The van der Waals surface area contributed by atoms with Crippen molar-refractivity contribution in [3.63, 3.8) is 0 Å². The molecule has 11 heteroatoms. The van der Waals surface area contributed by atoms with Crippen LogP contribution in [0.2, 0.25) is 0 Å². The molecule has 3 aromatic rings. The quantitative estimate of drug-likeness (QED) is 0.340. The minimum Gasteiger partial charge on any atom is -0.325 e. The van der Waals surface area contributed by atoms with Crippen LogP contribution in [-0.2, 0) is 11.0 Å². The van der Waals surface area contributed by atoms with E-state index in [1.54, 1.807) is 24.3 Å². The van der Waals surface area contributed by atoms with Crippen molar-refractivity contribution in [1.29, 1.82) is 0 Å². The molecule has 0 saturated heterocycles. The van der Waals surface area contributed by atoms with E-state index in [4.69, 9.17) is 0 Å². The number of non-ortho nitro benzene ring substituents is 1. The predicted molar refractivity (Wildman–Crippen MR) is 105 cm³/mol. The molecule has 154 valence electrons. The van der Waals surface area contributed by atoms with Gasteiger partial charge in [0.15, 0.2) is 0 Å². The van der Waals surface area contributed by atoms with Gasteiger partial charge in [-0.25, -0.2) is 0 Å². The number of para-hydroxylation sites is 1. The highest BCUT2D eigenvalue weighted by Gasteiger charge is 2.33. The largest absolute Gasteiger partial charge is 0.418 e. The van der Waals surface area contributed by atoms with Gasteiger partial charge in [0.1, 0.15) is 5.03 Å². The summed E-state index contributed by atoms with van der Waals surface area (Å²) in [4.78, 5) is 22.2.